The van der Waals surface area contributed by atoms with E-state index in [4.69, 9.17) is 16.7 Å². The van der Waals surface area contributed by atoms with Gasteiger partial charge in [0, 0.05) is 11.4 Å². The summed E-state index contributed by atoms with van der Waals surface area (Å²) in [5.41, 5.74) is 2.14. The van der Waals surface area contributed by atoms with Crippen LogP contribution in [-0.4, -0.2) is 11.1 Å². The van der Waals surface area contributed by atoms with E-state index in [1.165, 1.54) is 0 Å². The van der Waals surface area contributed by atoms with Crippen molar-refractivity contribution >= 4 is 17.6 Å². The summed E-state index contributed by atoms with van der Waals surface area (Å²) >= 11 is 6.06. The zero-order chi connectivity index (χ0) is 11.4. The zero-order valence-electron chi connectivity index (χ0n) is 8.96. The van der Waals surface area contributed by atoms with Crippen LogP contribution in [0.4, 0.5) is 0 Å². The molecule has 1 atom stereocenters. The predicted molar refractivity (Wildman–Crippen MR) is 61.3 cm³/mol. The molecule has 15 heavy (non-hydrogen) atoms. The lowest BCUT2D eigenvalue weighted by molar-refractivity contribution is -0.137. The number of hydrogen-bond donors (Lipinski definition) is 1. The standard InChI is InChI=1S/C12H15ClO2/c1-8-3-4-10(11(13)6-8)5-9(2)7-12(14)15/h3-4,6,9H,5,7H2,1-2H3,(H,14,15). The van der Waals surface area contributed by atoms with Gasteiger partial charge in [-0.25, -0.2) is 0 Å². The number of aliphatic carboxylic acids is 1. The lowest BCUT2D eigenvalue weighted by Crippen LogP contribution is -2.07. The molecule has 0 aliphatic rings. The molecule has 1 aromatic rings. The quantitative estimate of drug-likeness (QED) is 0.856. The summed E-state index contributed by atoms with van der Waals surface area (Å²) < 4.78 is 0. The Hall–Kier alpha value is -1.02. The van der Waals surface area contributed by atoms with Crippen LogP contribution in [0, 0.1) is 12.8 Å². The number of benzene rings is 1. The fraction of sp³-hybridized carbons (Fsp3) is 0.417. The van der Waals surface area contributed by atoms with E-state index >= 15 is 0 Å². The van der Waals surface area contributed by atoms with Gasteiger partial charge in [0.05, 0.1) is 0 Å². The molecule has 0 aliphatic heterocycles. The Morgan fingerprint density at radius 3 is 2.73 bits per heavy atom. The molecule has 0 aliphatic carbocycles. The molecule has 1 N–H and O–H groups in total. The van der Waals surface area contributed by atoms with Crippen molar-refractivity contribution in [1.29, 1.82) is 0 Å². The van der Waals surface area contributed by atoms with Crippen molar-refractivity contribution in [3.8, 4) is 0 Å². The summed E-state index contributed by atoms with van der Waals surface area (Å²) in [7, 11) is 0. The van der Waals surface area contributed by atoms with E-state index in [-0.39, 0.29) is 12.3 Å². The monoisotopic (exact) mass is 226 g/mol. The first-order valence-electron chi connectivity index (χ1n) is 4.96. The molecule has 2 nitrogen and oxygen atoms in total. The van der Waals surface area contributed by atoms with Gasteiger partial charge in [0.15, 0.2) is 0 Å². The van der Waals surface area contributed by atoms with Crippen LogP contribution in [0.15, 0.2) is 18.2 Å². The first kappa shape index (κ1) is 12.1. The van der Waals surface area contributed by atoms with E-state index in [1.807, 2.05) is 32.0 Å². The Kier molecular flexibility index (Phi) is 4.15. The normalized spacial score (nSPS) is 12.5. The molecule has 0 fully saturated rings. The average Bonchev–Trinajstić information content (AvgIpc) is 2.08. The van der Waals surface area contributed by atoms with Gasteiger partial charge < -0.3 is 5.11 Å². The molecule has 1 aromatic carbocycles. The number of aryl methyl sites for hydroxylation is 1. The van der Waals surface area contributed by atoms with Crippen LogP contribution in [0.1, 0.15) is 24.5 Å². The van der Waals surface area contributed by atoms with Gasteiger partial charge in [0.1, 0.15) is 0 Å². The smallest absolute Gasteiger partial charge is 0.303 e. The van der Waals surface area contributed by atoms with Crippen molar-refractivity contribution in [2.45, 2.75) is 26.7 Å². The van der Waals surface area contributed by atoms with Crippen LogP contribution in [-0.2, 0) is 11.2 Å². The number of halogens is 1. The Labute approximate surface area is 94.9 Å². The number of carbonyl (C=O) groups is 1. The van der Waals surface area contributed by atoms with Crippen molar-refractivity contribution in [3.05, 3.63) is 34.3 Å². The van der Waals surface area contributed by atoms with Crippen LogP contribution in [0.25, 0.3) is 0 Å². The Morgan fingerprint density at radius 2 is 2.20 bits per heavy atom. The van der Waals surface area contributed by atoms with E-state index in [0.717, 1.165) is 16.1 Å². The zero-order valence-corrected chi connectivity index (χ0v) is 9.71. The second-order valence-corrected chi connectivity index (χ2v) is 4.41. The fourth-order valence-corrected chi connectivity index (χ4v) is 1.88. The van der Waals surface area contributed by atoms with E-state index in [1.54, 1.807) is 0 Å². The first-order chi connectivity index (χ1) is 6.99. The summed E-state index contributed by atoms with van der Waals surface area (Å²) in [6.07, 6.45) is 0.898. The van der Waals surface area contributed by atoms with Crippen LogP contribution >= 0.6 is 11.6 Å². The highest BCUT2D eigenvalue weighted by Gasteiger charge is 2.10. The number of carboxylic acids is 1. The summed E-state index contributed by atoms with van der Waals surface area (Å²) in [5.74, 6) is -0.645. The van der Waals surface area contributed by atoms with Crippen LogP contribution in [0.5, 0.6) is 0 Å². The van der Waals surface area contributed by atoms with Gasteiger partial charge >= 0.3 is 5.97 Å². The largest absolute Gasteiger partial charge is 0.481 e. The average molecular weight is 227 g/mol. The second kappa shape index (κ2) is 5.17. The number of carboxylic acid groups (broad SMARTS) is 1. The number of rotatable bonds is 4. The summed E-state index contributed by atoms with van der Waals surface area (Å²) in [5, 5.41) is 9.37. The third-order valence-electron chi connectivity index (χ3n) is 2.30. The van der Waals surface area contributed by atoms with E-state index in [9.17, 15) is 4.79 Å². The third-order valence-corrected chi connectivity index (χ3v) is 2.65. The molecule has 3 heteroatoms. The van der Waals surface area contributed by atoms with E-state index in [2.05, 4.69) is 0 Å². The summed E-state index contributed by atoms with van der Waals surface area (Å²) in [4.78, 5) is 10.5. The molecule has 1 rings (SSSR count). The molecular formula is C12H15ClO2. The van der Waals surface area contributed by atoms with Crippen molar-refractivity contribution < 1.29 is 9.90 Å². The Morgan fingerprint density at radius 1 is 1.53 bits per heavy atom. The topological polar surface area (TPSA) is 37.3 Å². The lowest BCUT2D eigenvalue weighted by atomic mass is 9.97. The SMILES string of the molecule is Cc1ccc(CC(C)CC(=O)O)c(Cl)c1. The van der Waals surface area contributed by atoms with Crippen LogP contribution in [0.2, 0.25) is 5.02 Å². The maximum Gasteiger partial charge on any atom is 0.303 e. The van der Waals surface area contributed by atoms with Gasteiger partial charge in [-0.15, -0.1) is 0 Å². The molecule has 82 valence electrons. The predicted octanol–water partition coefficient (Wildman–Crippen LogP) is 3.30. The van der Waals surface area contributed by atoms with Crippen LogP contribution in [0.3, 0.4) is 0 Å². The molecule has 0 saturated heterocycles. The molecular weight excluding hydrogens is 212 g/mol. The highest BCUT2D eigenvalue weighted by Crippen LogP contribution is 2.21. The van der Waals surface area contributed by atoms with Gasteiger partial charge in [-0.1, -0.05) is 30.7 Å². The van der Waals surface area contributed by atoms with Gasteiger partial charge in [-0.2, -0.15) is 0 Å². The molecule has 0 radical (unpaired) electrons. The van der Waals surface area contributed by atoms with Gasteiger partial charge in [-0.05, 0) is 36.5 Å². The Balaban J connectivity index is 2.68. The molecule has 0 spiro atoms. The van der Waals surface area contributed by atoms with Crippen molar-refractivity contribution in [2.75, 3.05) is 0 Å². The highest BCUT2D eigenvalue weighted by atomic mass is 35.5. The van der Waals surface area contributed by atoms with Gasteiger partial charge in [-0.3, -0.25) is 4.79 Å². The molecule has 0 heterocycles. The maximum absolute atomic E-state index is 10.5. The summed E-state index contributed by atoms with van der Waals surface area (Å²) in [6.45, 7) is 3.90. The number of hydrogen-bond acceptors (Lipinski definition) is 1. The molecule has 0 aromatic heterocycles. The minimum atomic E-state index is -0.759. The van der Waals surface area contributed by atoms with Gasteiger partial charge in [0.25, 0.3) is 0 Å². The third kappa shape index (κ3) is 3.92. The highest BCUT2D eigenvalue weighted by molar-refractivity contribution is 6.31. The minimum absolute atomic E-state index is 0.114. The molecule has 1 unspecified atom stereocenters. The van der Waals surface area contributed by atoms with Gasteiger partial charge in [0.2, 0.25) is 0 Å². The minimum Gasteiger partial charge on any atom is -0.481 e. The molecule has 0 amide bonds. The van der Waals surface area contributed by atoms with Crippen LogP contribution < -0.4 is 0 Å². The summed E-state index contributed by atoms with van der Waals surface area (Å²) in [6, 6.07) is 5.87. The molecule has 0 bridgehead atoms. The fourth-order valence-electron chi connectivity index (χ4n) is 1.56. The maximum atomic E-state index is 10.5. The van der Waals surface area contributed by atoms with E-state index in [0.29, 0.717) is 6.42 Å². The molecule has 0 saturated carbocycles. The first-order valence-corrected chi connectivity index (χ1v) is 5.33. The second-order valence-electron chi connectivity index (χ2n) is 4.00. The van der Waals surface area contributed by atoms with E-state index < -0.39 is 5.97 Å². The van der Waals surface area contributed by atoms with Crippen molar-refractivity contribution in [3.63, 3.8) is 0 Å². The lowest BCUT2D eigenvalue weighted by Gasteiger charge is -2.10. The van der Waals surface area contributed by atoms with Crippen molar-refractivity contribution in [1.82, 2.24) is 0 Å². The Bertz CT molecular complexity index is 361. The van der Waals surface area contributed by atoms with Crippen molar-refractivity contribution in [2.24, 2.45) is 5.92 Å².